The number of hydrogen-bond donors (Lipinski definition) is 2. The van der Waals surface area contributed by atoms with E-state index in [0.717, 1.165) is 12.8 Å². The molecule has 0 unspecified atom stereocenters. The number of nitrogens with zero attached hydrogens (tertiary/aromatic N) is 1. The van der Waals surface area contributed by atoms with Gasteiger partial charge in [0.05, 0.1) is 5.69 Å². The first kappa shape index (κ1) is 17.5. The Morgan fingerprint density at radius 3 is 2.45 bits per heavy atom. The highest BCUT2D eigenvalue weighted by atomic mass is 127. The van der Waals surface area contributed by atoms with Crippen LogP contribution in [-0.4, -0.2) is 23.5 Å². The van der Waals surface area contributed by atoms with Gasteiger partial charge in [-0.2, -0.15) is 0 Å². The van der Waals surface area contributed by atoms with Gasteiger partial charge in [-0.15, -0.1) is 0 Å². The minimum absolute atomic E-state index is 0.00914. The molecule has 1 amide bonds. The average molecular weight is 502 g/mol. The normalized spacial score (nSPS) is 10.3. The summed E-state index contributed by atoms with van der Waals surface area (Å²) in [6, 6.07) is 3.72. The number of carboxylic acids is 1. The van der Waals surface area contributed by atoms with E-state index in [0.29, 0.717) is 18.7 Å². The molecule has 1 aromatic carbocycles. The van der Waals surface area contributed by atoms with Crippen LogP contribution < -0.4 is 10.6 Å². The molecular formula is C13H16I2N2O3. The van der Waals surface area contributed by atoms with Gasteiger partial charge in [0.15, 0.2) is 0 Å². The van der Waals surface area contributed by atoms with E-state index in [1.54, 1.807) is 11.0 Å². The fourth-order valence-electron chi connectivity index (χ4n) is 1.77. The van der Waals surface area contributed by atoms with Gasteiger partial charge in [-0.1, -0.05) is 0 Å². The molecule has 1 aromatic rings. The Hall–Kier alpha value is -0.580. The molecule has 1 rings (SSSR count). The molecule has 0 spiro atoms. The van der Waals surface area contributed by atoms with E-state index in [1.165, 1.54) is 0 Å². The second kappa shape index (κ2) is 8.01. The van der Waals surface area contributed by atoms with Crippen molar-refractivity contribution < 1.29 is 14.7 Å². The van der Waals surface area contributed by atoms with Crippen LogP contribution in [0, 0.1) is 7.14 Å². The number of carbonyl (C=O) groups excluding carboxylic acids is 1. The third-order valence-electron chi connectivity index (χ3n) is 2.76. The van der Waals surface area contributed by atoms with Crippen LogP contribution in [0.4, 0.5) is 11.4 Å². The third kappa shape index (κ3) is 4.76. The van der Waals surface area contributed by atoms with Gasteiger partial charge in [-0.05, 0) is 70.7 Å². The maximum Gasteiger partial charge on any atom is 0.303 e. The first-order chi connectivity index (χ1) is 9.36. The molecule has 0 aliphatic heterocycles. The lowest BCUT2D eigenvalue weighted by Gasteiger charge is -2.23. The Balaban J connectivity index is 2.87. The van der Waals surface area contributed by atoms with Gasteiger partial charge in [0.1, 0.15) is 0 Å². The van der Waals surface area contributed by atoms with Gasteiger partial charge < -0.3 is 15.7 Å². The van der Waals surface area contributed by atoms with Crippen LogP contribution in [0.2, 0.25) is 0 Å². The fourth-order valence-corrected chi connectivity index (χ4v) is 3.59. The Kier molecular flexibility index (Phi) is 7.00. The van der Waals surface area contributed by atoms with E-state index in [-0.39, 0.29) is 18.7 Å². The van der Waals surface area contributed by atoms with Crippen LogP contribution in [0.25, 0.3) is 0 Å². The number of hydrogen-bond acceptors (Lipinski definition) is 3. The minimum Gasteiger partial charge on any atom is -0.481 e. The quantitative estimate of drug-likeness (QED) is 0.463. The lowest BCUT2D eigenvalue weighted by molar-refractivity contribution is -0.137. The third-order valence-corrected chi connectivity index (χ3v) is 4.55. The molecule has 0 atom stereocenters. The van der Waals surface area contributed by atoms with Crippen LogP contribution in [-0.2, 0) is 9.59 Å². The number of amides is 1. The molecule has 0 bridgehead atoms. The monoisotopic (exact) mass is 502 g/mol. The van der Waals surface area contributed by atoms with Crippen molar-refractivity contribution in [1.82, 2.24) is 0 Å². The fraction of sp³-hybridized carbons (Fsp3) is 0.385. The molecule has 0 fully saturated rings. The number of carbonyl (C=O) groups is 2. The molecule has 110 valence electrons. The first-order valence-electron chi connectivity index (χ1n) is 6.13. The largest absolute Gasteiger partial charge is 0.481 e. The lowest BCUT2D eigenvalue weighted by atomic mass is 10.2. The predicted octanol–water partition coefficient (Wildman–Crippen LogP) is 3.09. The van der Waals surface area contributed by atoms with Gasteiger partial charge >= 0.3 is 5.97 Å². The number of anilines is 2. The maximum atomic E-state index is 12.2. The Morgan fingerprint density at radius 1 is 1.25 bits per heavy atom. The molecule has 0 heterocycles. The van der Waals surface area contributed by atoms with Crippen LogP contribution in [0.1, 0.15) is 26.2 Å². The molecule has 0 saturated heterocycles. The van der Waals surface area contributed by atoms with Crippen molar-refractivity contribution in [1.29, 1.82) is 0 Å². The molecular weight excluding hydrogens is 486 g/mol. The van der Waals surface area contributed by atoms with E-state index in [1.807, 2.05) is 13.0 Å². The summed E-state index contributed by atoms with van der Waals surface area (Å²) in [5, 5.41) is 8.61. The SMILES string of the molecule is CCN(C(=O)CCCC(=O)O)c1cc(N)c(I)cc1I. The van der Waals surface area contributed by atoms with Crippen molar-refractivity contribution in [3.63, 3.8) is 0 Å². The average Bonchev–Trinajstić information content (AvgIpc) is 2.36. The van der Waals surface area contributed by atoms with E-state index in [2.05, 4.69) is 45.2 Å². The van der Waals surface area contributed by atoms with Crippen LogP contribution >= 0.6 is 45.2 Å². The number of halogens is 2. The number of carboxylic acid groups (broad SMARTS) is 1. The van der Waals surface area contributed by atoms with Crippen molar-refractivity contribution in [3.05, 3.63) is 19.3 Å². The summed E-state index contributed by atoms with van der Waals surface area (Å²) in [6.45, 7) is 2.42. The van der Waals surface area contributed by atoms with Gasteiger partial charge in [-0.3, -0.25) is 9.59 Å². The van der Waals surface area contributed by atoms with Gasteiger partial charge in [0, 0.05) is 32.2 Å². The number of nitrogens with two attached hydrogens (primary N) is 1. The lowest BCUT2D eigenvalue weighted by Crippen LogP contribution is -2.31. The summed E-state index contributed by atoms with van der Waals surface area (Å²) >= 11 is 4.33. The molecule has 3 N–H and O–H groups in total. The van der Waals surface area contributed by atoms with E-state index >= 15 is 0 Å². The summed E-state index contributed by atoms with van der Waals surface area (Å²) in [6.07, 6.45) is 0.582. The Labute approximate surface area is 145 Å². The zero-order valence-electron chi connectivity index (χ0n) is 11.0. The summed E-state index contributed by atoms with van der Waals surface area (Å²) < 4.78 is 1.90. The molecule has 20 heavy (non-hydrogen) atoms. The molecule has 7 heteroatoms. The van der Waals surface area contributed by atoms with Crippen LogP contribution in [0.15, 0.2) is 12.1 Å². The predicted molar refractivity (Wildman–Crippen MR) is 95.8 cm³/mol. The van der Waals surface area contributed by atoms with Gasteiger partial charge in [-0.25, -0.2) is 0 Å². The number of aliphatic carboxylic acids is 1. The number of benzene rings is 1. The van der Waals surface area contributed by atoms with Crippen LogP contribution in [0.5, 0.6) is 0 Å². The molecule has 0 aromatic heterocycles. The number of rotatable bonds is 6. The smallest absolute Gasteiger partial charge is 0.303 e. The summed E-state index contributed by atoms with van der Waals surface area (Å²) in [7, 11) is 0. The highest BCUT2D eigenvalue weighted by Gasteiger charge is 2.17. The highest BCUT2D eigenvalue weighted by Crippen LogP contribution is 2.29. The van der Waals surface area contributed by atoms with E-state index in [4.69, 9.17) is 10.8 Å². The summed E-state index contributed by atoms with van der Waals surface area (Å²) in [4.78, 5) is 24.3. The topological polar surface area (TPSA) is 83.6 Å². The zero-order chi connectivity index (χ0) is 15.3. The maximum absolute atomic E-state index is 12.2. The van der Waals surface area contributed by atoms with E-state index in [9.17, 15) is 9.59 Å². The van der Waals surface area contributed by atoms with Crippen molar-refractivity contribution in [2.75, 3.05) is 17.2 Å². The molecule has 0 aliphatic carbocycles. The van der Waals surface area contributed by atoms with E-state index < -0.39 is 5.97 Å². The van der Waals surface area contributed by atoms with Gasteiger partial charge in [0.2, 0.25) is 5.91 Å². The summed E-state index contributed by atoms with van der Waals surface area (Å²) in [5.41, 5.74) is 7.32. The molecule has 0 saturated carbocycles. The second-order valence-corrected chi connectivity index (χ2v) is 6.53. The zero-order valence-corrected chi connectivity index (χ0v) is 15.3. The second-order valence-electron chi connectivity index (χ2n) is 4.21. The van der Waals surface area contributed by atoms with Crippen molar-refractivity contribution in [2.24, 2.45) is 0 Å². The van der Waals surface area contributed by atoms with Crippen LogP contribution in [0.3, 0.4) is 0 Å². The number of nitrogen functional groups attached to an aromatic ring is 1. The standard InChI is InChI=1S/C13H16I2N2O3/c1-2-17(12(18)4-3-5-13(19)20)11-7-10(16)8(14)6-9(11)15/h6-7H,2-5,16H2,1H3,(H,19,20). The molecule has 5 nitrogen and oxygen atoms in total. The summed E-state index contributed by atoms with van der Waals surface area (Å²) in [5.74, 6) is -0.957. The Morgan fingerprint density at radius 2 is 1.90 bits per heavy atom. The highest BCUT2D eigenvalue weighted by molar-refractivity contribution is 14.1. The van der Waals surface area contributed by atoms with Crippen molar-refractivity contribution in [2.45, 2.75) is 26.2 Å². The Bertz CT molecular complexity index is 521. The van der Waals surface area contributed by atoms with Gasteiger partial charge in [0.25, 0.3) is 0 Å². The van der Waals surface area contributed by atoms with Crippen molar-refractivity contribution >= 4 is 68.4 Å². The first-order valence-corrected chi connectivity index (χ1v) is 8.29. The molecule has 0 aliphatic rings. The minimum atomic E-state index is -0.881. The van der Waals surface area contributed by atoms with Crippen molar-refractivity contribution in [3.8, 4) is 0 Å². The molecule has 0 radical (unpaired) electrons.